The molecule has 1 aliphatic carbocycles. The molecule has 31 heavy (non-hydrogen) atoms. The topological polar surface area (TPSA) is 77.6 Å². The fourth-order valence-electron chi connectivity index (χ4n) is 3.80. The standard InChI is InChI=1S/C23H31N5O2S/c1-16-5-3-4-6-20(16)26-21(29)13-22-24-19(15-31-22)14-27-9-11-28(12-10-27)17(2)23(30)25-18-7-8-18/h3-6,15,17-18H,7-14H2,1-2H3,(H,25,30)(H,26,29). The number of carbonyl (C=O) groups is 2. The summed E-state index contributed by atoms with van der Waals surface area (Å²) < 4.78 is 0. The summed E-state index contributed by atoms with van der Waals surface area (Å²) in [4.78, 5) is 33.9. The number of nitrogens with zero attached hydrogens (tertiary/aromatic N) is 3. The Hall–Kier alpha value is -2.29. The summed E-state index contributed by atoms with van der Waals surface area (Å²) in [6.45, 7) is 8.37. The molecule has 2 fully saturated rings. The molecule has 2 aliphatic rings. The van der Waals surface area contributed by atoms with Crippen molar-refractivity contribution in [3.05, 3.63) is 45.9 Å². The fourth-order valence-corrected chi connectivity index (χ4v) is 4.58. The Bertz CT molecular complexity index is 918. The van der Waals surface area contributed by atoms with Gasteiger partial charge in [-0.2, -0.15) is 0 Å². The number of hydrogen-bond donors (Lipinski definition) is 2. The number of piperazine rings is 1. The molecule has 2 heterocycles. The highest BCUT2D eigenvalue weighted by atomic mass is 32.1. The monoisotopic (exact) mass is 441 g/mol. The first-order valence-corrected chi connectivity index (χ1v) is 11.9. The van der Waals surface area contributed by atoms with Gasteiger partial charge in [0.05, 0.1) is 18.2 Å². The summed E-state index contributed by atoms with van der Waals surface area (Å²) >= 11 is 1.54. The van der Waals surface area contributed by atoms with Gasteiger partial charge in [-0.25, -0.2) is 4.98 Å². The van der Waals surface area contributed by atoms with Gasteiger partial charge in [0.2, 0.25) is 11.8 Å². The van der Waals surface area contributed by atoms with Gasteiger partial charge in [0.1, 0.15) is 5.01 Å². The average molecular weight is 442 g/mol. The van der Waals surface area contributed by atoms with E-state index < -0.39 is 0 Å². The Morgan fingerprint density at radius 2 is 1.94 bits per heavy atom. The second-order valence-corrected chi connectivity index (χ2v) is 9.49. The van der Waals surface area contributed by atoms with Crippen molar-refractivity contribution in [2.45, 2.75) is 51.7 Å². The fraction of sp³-hybridized carbons (Fsp3) is 0.522. The predicted molar refractivity (Wildman–Crippen MR) is 123 cm³/mol. The lowest BCUT2D eigenvalue weighted by Crippen LogP contribution is -2.53. The molecule has 1 aliphatic heterocycles. The molecule has 8 heteroatoms. The zero-order chi connectivity index (χ0) is 21.8. The Morgan fingerprint density at radius 1 is 1.19 bits per heavy atom. The number of para-hydroxylation sites is 1. The van der Waals surface area contributed by atoms with Gasteiger partial charge >= 0.3 is 0 Å². The molecule has 2 aromatic rings. The van der Waals surface area contributed by atoms with Crippen LogP contribution in [0.4, 0.5) is 5.69 Å². The molecule has 2 N–H and O–H groups in total. The van der Waals surface area contributed by atoms with Crippen LogP contribution in [0.2, 0.25) is 0 Å². The van der Waals surface area contributed by atoms with E-state index in [2.05, 4.69) is 30.8 Å². The largest absolute Gasteiger partial charge is 0.352 e. The lowest BCUT2D eigenvalue weighted by molar-refractivity contribution is -0.126. The van der Waals surface area contributed by atoms with E-state index in [1.807, 2.05) is 38.1 Å². The molecule has 1 saturated heterocycles. The first-order chi connectivity index (χ1) is 15.0. The van der Waals surface area contributed by atoms with Gasteiger partial charge in [-0.15, -0.1) is 11.3 Å². The predicted octanol–water partition coefficient (Wildman–Crippen LogP) is 2.42. The molecule has 0 spiro atoms. The van der Waals surface area contributed by atoms with E-state index in [0.717, 1.165) is 67.5 Å². The van der Waals surface area contributed by atoms with E-state index in [1.165, 1.54) is 0 Å². The van der Waals surface area contributed by atoms with Crippen molar-refractivity contribution in [2.75, 3.05) is 31.5 Å². The van der Waals surface area contributed by atoms with Crippen molar-refractivity contribution in [3.63, 3.8) is 0 Å². The second-order valence-electron chi connectivity index (χ2n) is 8.54. The smallest absolute Gasteiger partial charge is 0.237 e. The SMILES string of the molecule is Cc1ccccc1NC(=O)Cc1nc(CN2CCN(C(C)C(=O)NC3CC3)CC2)cs1. The number of thiazole rings is 1. The number of benzene rings is 1. The van der Waals surface area contributed by atoms with Crippen molar-refractivity contribution in [2.24, 2.45) is 0 Å². The minimum Gasteiger partial charge on any atom is -0.352 e. The summed E-state index contributed by atoms with van der Waals surface area (Å²) in [6, 6.07) is 8.12. The molecule has 1 aromatic heterocycles. The zero-order valence-corrected chi connectivity index (χ0v) is 19.1. The third-order valence-corrected chi connectivity index (χ3v) is 6.87. The van der Waals surface area contributed by atoms with Crippen LogP contribution in [0.3, 0.4) is 0 Å². The van der Waals surface area contributed by atoms with Crippen molar-refractivity contribution < 1.29 is 9.59 Å². The highest BCUT2D eigenvalue weighted by Crippen LogP contribution is 2.20. The van der Waals surface area contributed by atoms with Crippen LogP contribution in [0.25, 0.3) is 0 Å². The number of carbonyl (C=O) groups excluding carboxylic acids is 2. The number of anilines is 1. The molecular formula is C23H31N5O2S. The van der Waals surface area contributed by atoms with Crippen molar-refractivity contribution in [1.82, 2.24) is 20.1 Å². The normalized spacial score (nSPS) is 18.5. The summed E-state index contributed by atoms with van der Waals surface area (Å²) in [7, 11) is 0. The van der Waals surface area contributed by atoms with Crippen LogP contribution in [-0.2, 0) is 22.6 Å². The lowest BCUT2D eigenvalue weighted by atomic mass is 10.2. The number of rotatable bonds is 8. The molecule has 0 bridgehead atoms. The minimum atomic E-state index is -0.0691. The molecule has 2 amide bonds. The molecule has 4 rings (SSSR count). The van der Waals surface area contributed by atoms with Crippen LogP contribution < -0.4 is 10.6 Å². The van der Waals surface area contributed by atoms with Crippen molar-refractivity contribution in [1.29, 1.82) is 0 Å². The molecule has 1 unspecified atom stereocenters. The van der Waals surface area contributed by atoms with Crippen LogP contribution in [0.5, 0.6) is 0 Å². The third kappa shape index (κ3) is 6.12. The second kappa shape index (κ2) is 9.89. The molecule has 1 atom stereocenters. The molecule has 0 radical (unpaired) electrons. The number of aryl methyl sites for hydroxylation is 1. The van der Waals surface area contributed by atoms with Gasteiger partial charge in [-0.05, 0) is 38.3 Å². The maximum Gasteiger partial charge on any atom is 0.237 e. The number of nitrogens with one attached hydrogen (secondary N) is 2. The maximum atomic E-state index is 12.4. The Balaban J connectivity index is 1.22. The van der Waals surface area contributed by atoms with Gasteiger partial charge in [0.15, 0.2) is 0 Å². The maximum absolute atomic E-state index is 12.4. The molecule has 166 valence electrons. The summed E-state index contributed by atoms with van der Waals surface area (Å²) in [5, 5.41) is 8.96. The Kier molecular flexibility index (Phi) is 6.99. The van der Waals surface area contributed by atoms with Gasteiger partial charge in [-0.3, -0.25) is 19.4 Å². The van der Waals surface area contributed by atoms with Crippen LogP contribution in [0, 0.1) is 6.92 Å². The molecular weight excluding hydrogens is 410 g/mol. The molecule has 7 nitrogen and oxygen atoms in total. The summed E-state index contributed by atoms with van der Waals surface area (Å²) in [5.74, 6) is 0.117. The summed E-state index contributed by atoms with van der Waals surface area (Å²) in [6.07, 6.45) is 2.53. The summed E-state index contributed by atoms with van der Waals surface area (Å²) in [5.41, 5.74) is 2.91. The highest BCUT2D eigenvalue weighted by molar-refractivity contribution is 7.09. The molecule has 1 saturated carbocycles. The first-order valence-electron chi connectivity index (χ1n) is 11.0. The van der Waals surface area contributed by atoms with Gasteiger partial charge < -0.3 is 10.6 Å². The zero-order valence-electron chi connectivity index (χ0n) is 18.3. The Labute approximate surface area is 187 Å². The van der Waals surface area contributed by atoms with Crippen molar-refractivity contribution in [3.8, 4) is 0 Å². The van der Waals surface area contributed by atoms with E-state index in [-0.39, 0.29) is 17.9 Å². The van der Waals surface area contributed by atoms with Gasteiger partial charge in [0, 0.05) is 49.8 Å². The number of hydrogen-bond acceptors (Lipinski definition) is 6. The van der Waals surface area contributed by atoms with E-state index in [1.54, 1.807) is 11.3 Å². The number of amides is 2. The number of aromatic nitrogens is 1. The van der Waals surface area contributed by atoms with E-state index in [0.29, 0.717) is 12.5 Å². The van der Waals surface area contributed by atoms with Crippen LogP contribution in [0.1, 0.15) is 36.0 Å². The van der Waals surface area contributed by atoms with E-state index >= 15 is 0 Å². The van der Waals surface area contributed by atoms with Gasteiger partial charge in [0.25, 0.3) is 0 Å². The average Bonchev–Trinajstić information content (AvgIpc) is 3.47. The Morgan fingerprint density at radius 3 is 2.65 bits per heavy atom. The minimum absolute atomic E-state index is 0.0396. The molecule has 1 aromatic carbocycles. The van der Waals surface area contributed by atoms with Crippen LogP contribution >= 0.6 is 11.3 Å². The highest BCUT2D eigenvalue weighted by Gasteiger charge is 2.30. The van der Waals surface area contributed by atoms with Crippen molar-refractivity contribution >= 4 is 28.8 Å². The van der Waals surface area contributed by atoms with Gasteiger partial charge in [-0.1, -0.05) is 18.2 Å². The third-order valence-electron chi connectivity index (χ3n) is 5.97. The van der Waals surface area contributed by atoms with Crippen LogP contribution in [0.15, 0.2) is 29.6 Å². The van der Waals surface area contributed by atoms with E-state index in [9.17, 15) is 9.59 Å². The van der Waals surface area contributed by atoms with Crippen LogP contribution in [-0.4, -0.2) is 64.9 Å². The first kappa shape index (κ1) is 21.9. The lowest BCUT2D eigenvalue weighted by Gasteiger charge is -2.37. The van der Waals surface area contributed by atoms with E-state index in [4.69, 9.17) is 0 Å². The quantitative estimate of drug-likeness (QED) is 0.658.